The van der Waals surface area contributed by atoms with Crippen LogP contribution in [-0.4, -0.2) is 0 Å². The minimum absolute atomic E-state index is 0. The van der Waals surface area contributed by atoms with Crippen molar-refractivity contribution in [2.45, 2.75) is 6.42 Å². The molecule has 1 aliphatic rings. The maximum Gasteiger partial charge on any atom is 0.0406 e. The molecule has 0 atom stereocenters. The summed E-state index contributed by atoms with van der Waals surface area (Å²) in [4.78, 5) is 0. The van der Waals surface area contributed by atoms with Gasteiger partial charge in [-0.25, -0.2) is 0 Å². The van der Waals surface area contributed by atoms with Crippen LogP contribution < -0.4 is 0 Å². The molecule has 3 aromatic rings. The number of hydrogen-bond acceptors (Lipinski definition) is 0. The molecule has 0 saturated heterocycles. The minimum atomic E-state index is 0. The van der Waals surface area contributed by atoms with Crippen LogP contribution in [0.2, 0.25) is 5.02 Å². The monoisotopic (exact) mass is 484 g/mol. The van der Waals surface area contributed by atoms with Crippen molar-refractivity contribution in [1.29, 1.82) is 0 Å². The van der Waals surface area contributed by atoms with Gasteiger partial charge in [0.05, 0.1) is 0 Å². The lowest BCUT2D eigenvalue weighted by molar-refractivity contribution is 1.26. The molecule has 22 heavy (non-hydrogen) atoms. The van der Waals surface area contributed by atoms with E-state index in [1.165, 1.54) is 25.8 Å². The Labute approximate surface area is 160 Å². The van der Waals surface area contributed by atoms with E-state index in [1.807, 2.05) is 24.3 Å². The summed E-state index contributed by atoms with van der Waals surface area (Å²) in [6.45, 7) is 0. The van der Waals surface area contributed by atoms with Gasteiger partial charge in [0.15, 0.2) is 0 Å². The van der Waals surface area contributed by atoms with Crippen LogP contribution in [0.25, 0.3) is 11.1 Å². The van der Waals surface area contributed by atoms with Crippen molar-refractivity contribution in [3.63, 3.8) is 0 Å². The van der Waals surface area contributed by atoms with Gasteiger partial charge >= 0.3 is 0 Å². The van der Waals surface area contributed by atoms with E-state index in [2.05, 4.69) is 71.1 Å². The van der Waals surface area contributed by atoms with E-state index < -0.39 is 0 Å². The lowest BCUT2D eigenvalue weighted by atomic mass is 10.1. The Balaban J connectivity index is 0.000000172. The highest BCUT2D eigenvalue weighted by Crippen LogP contribution is 2.35. The smallest absolute Gasteiger partial charge is 0.0406 e. The lowest BCUT2D eigenvalue weighted by Gasteiger charge is -1.98. The Bertz CT molecular complexity index is 689. The zero-order valence-electron chi connectivity index (χ0n) is 11.8. The summed E-state index contributed by atoms with van der Waals surface area (Å²) in [5.74, 6) is 0. The predicted molar refractivity (Wildman–Crippen MR) is 109 cm³/mol. The Morgan fingerprint density at radius 3 is 1.59 bits per heavy atom. The van der Waals surface area contributed by atoms with Crippen molar-refractivity contribution in [3.05, 3.63) is 92.5 Å². The zero-order chi connectivity index (χ0) is 14.7. The second kappa shape index (κ2) is 8.14. The molecule has 0 fully saturated rings. The molecule has 0 bridgehead atoms. The Morgan fingerprint density at radius 1 is 0.682 bits per heavy atom. The SMILES string of the molecule is Br.Clc1ccc(I)cc1.c1ccc2c(c1)Cc1ccccc1-2. The molecule has 0 aliphatic heterocycles. The summed E-state index contributed by atoms with van der Waals surface area (Å²) in [6, 6.07) is 25.0. The van der Waals surface area contributed by atoms with Gasteiger partial charge in [0, 0.05) is 8.59 Å². The van der Waals surface area contributed by atoms with E-state index in [1.54, 1.807) is 0 Å². The zero-order valence-corrected chi connectivity index (χ0v) is 16.4. The minimum Gasteiger partial charge on any atom is -0.114 e. The number of rotatable bonds is 0. The van der Waals surface area contributed by atoms with Crippen molar-refractivity contribution in [2.75, 3.05) is 0 Å². The second-order valence-corrected chi connectivity index (χ2v) is 6.61. The largest absolute Gasteiger partial charge is 0.114 e. The molecule has 4 rings (SSSR count). The molecule has 0 radical (unpaired) electrons. The first-order valence-electron chi connectivity index (χ1n) is 6.81. The first-order chi connectivity index (χ1) is 10.2. The summed E-state index contributed by atoms with van der Waals surface area (Å²) in [5, 5.41) is 0.797. The highest BCUT2D eigenvalue weighted by atomic mass is 127. The molecular weight excluding hydrogens is 470 g/mol. The van der Waals surface area contributed by atoms with E-state index in [0.717, 1.165) is 11.4 Å². The van der Waals surface area contributed by atoms with Gasteiger partial charge in [-0.3, -0.25) is 0 Å². The summed E-state index contributed by atoms with van der Waals surface area (Å²) in [7, 11) is 0. The molecule has 0 amide bonds. The van der Waals surface area contributed by atoms with Gasteiger partial charge in [0.25, 0.3) is 0 Å². The fourth-order valence-electron chi connectivity index (χ4n) is 2.51. The van der Waals surface area contributed by atoms with E-state index >= 15 is 0 Å². The van der Waals surface area contributed by atoms with Crippen LogP contribution in [-0.2, 0) is 6.42 Å². The van der Waals surface area contributed by atoms with E-state index in [-0.39, 0.29) is 17.0 Å². The van der Waals surface area contributed by atoms with Gasteiger partial charge < -0.3 is 0 Å². The summed E-state index contributed by atoms with van der Waals surface area (Å²) >= 11 is 7.85. The summed E-state index contributed by atoms with van der Waals surface area (Å²) in [5.41, 5.74) is 5.75. The van der Waals surface area contributed by atoms with Gasteiger partial charge in [-0.05, 0) is 75.5 Å². The molecule has 0 N–H and O–H groups in total. The van der Waals surface area contributed by atoms with Gasteiger partial charge in [-0.2, -0.15) is 0 Å². The third-order valence-electron chi connectivity index (χ3n) is 3.51. The normalized spacial score (nSPS) is 10.6. The standard InChI is InChI=1S/C13H10.C6H4ClI.BrH/c1-3-7-12-10(5-1)9-11-6-2-4-8-13(11)12;7-5-1-3-6(8)4-2-5;/h1-8H,9H2;1-4H;1H. The molecule has 0 heterocycles. The van der Waals surface area contributed by atoms with Crippen LogP contribution in [0, 0.1) is 3.57 Å². The van der Waals surface area contributed by atoms with Gasteiger partial charge in [0.2, 0.25) is 0 Å². The van der Waals surface area contributed by atoms with E-state index in [9.17, 15) is 0 Å². The summed E-state index contributed by atoms with van der Waals surface area (Å²) in [6.07, 6.45) is 1.10. The predicted octanol–water partition coefficient (Wildman–Crippen LogP) is 6.78. The third kappa shape index (κ3) is 4.12. The van der Waals surface area contributed by atoms with Gasteiger partial charge in [-0.15, -0.1) is 17.0 Å². The van der Waals surface area contributed by atoms with Crippen molar-refractivity contribution < 1.29 is 0 Å². The maximum absolute atomic E-state index is 5.61. The molecule has 112 valence electrons. The third-order valence-corrected chi connectivity index (χ3v) is 4.48. The van der Waals surface area contributed by atoms with Gasteiger partial charge in [-0.1, -0.05) is 60.1 Å². The van der Waals surface area contributed by atoms with Crippen LogP contribution in [0.4, 0.5) is 0 Å². The van der Waals surface area contributed by atoms with Crippen molar-refractivity contribution in [3.8, 4) is 11.1 Å². The number of benzene rings is 3. The first kappa shape index (κ1) is 17.5. The fraction of sp³-hybridized carbons (Fsp3) is 0.0526. The van der Waals surface area contributed by atoms with Crippen LogP contribution in [0.5, 0.6) is 0 Å². The number of halogens is 3. The average Bonchev–Trinajstić information content (AvgIpc) is 2.90. The molecule has 0 spiro atoms. The van der Waals surface area contributed by atoms with E-state index in [4.69, 9.17) is 11.6 Å². The van der Waals surface area contributed by atoms with Gasteiger partial charge in [0.1, 0.15) is 0 Å². The molecule has 0 aromatic heterocycles. The quantitative estimate of drug-likeness (QED) is 0.241. The Kier molecular flexibility index (Phi) is 6.48. The molecule has 0 unspecified atom stereocenters. The van der Waals surface area contributed by atoms with Crippen LogP contribution >= 0.6 is 51.2 Å². The highest BCUT2D eigenvalue weighted by Gasteiger charge is 2.15. The summed E-state index contributed by atoms with van der Waals surface area (Å²) < 4.78 is 1.21. The molecule has 1 aliphatic carbocycles. The number of fused-ring (bicyclic) bond motifs is 3. The van der Waals surface area contributed by atoms with Crippen molar-refractivity contribution >= 4 is 51.2 Å². The highest BCUT2D eigenvalue weighted by molar-refractivity contribution is 14.1. The topological polar surface area (TPSA) is 0 Å². The lowest BCUT2D eigenvalue weighted by Crippen LogP contribution is -1.77. The maximum atomic E-state index is 5.61. The second-order valence-electron chi connectivity index (χ2n) is 4.93. The Hall–Kier alpha value is -0.840. The first-order valence-corrected chi connectivity index (χ1v) is 8.27. The van der Waals surface area contributed by atoms with Crippen molar-refractivity contribution in [1.82, 2.24) is 0 Å². The van der Waals surface area contributed by atoms with Crippen LogP contribution in [0.3, 0.4) is 0 Å². The van der Waals surface area contributed by atoms with Crippen LogP contribution in [0.1, 0.15) is 11.1 Å². The van der Waals surface area contributed by atoms with Crippen molar-refractivity contribution in [2.24, 2.45) is 0 Å². The molecule has 0 saturated carbocycles. The number of hydrogen-bond donors (Lipinski definition) is 0. The molecule has 0 nitrogen and oxygen atoms in total. The average molecular weight is 486 g/mol. The fourth-order valence-corrected chi connectivity index (χ4v) is 2.99. The van der Waals surface area contributed by atoms with E-state index in [0.29, 0.717) is 0 Å². The Morgan fingerprint density at radius 2 is 1.14 bits per heavy atom. The molecule has 3 aromatic carbocycles. The molecular formula is C19H15BrClI. The molecule has 3 heteroatoms. The van der Waals surface area contributed by atoms with Crippen LogP contribution in [0.15, 0.2) is 72.8 Å².